The first-order chi connectivity index (χ1) is 16.4. The van der Waals surface area contributed by atoms with Crippen molar-refractivity contribution in [2.75, 3.05) is 11.9 Å². The van der Waals surface area contributed by atoms with Crippen molar-refractivity contribution in [1.82, 2.24) is 14.7 Å². The van der Waals surface area contributed by atoms with Crippen LogP contribution in [0.2, 0.25) is 0 Å². The van der Waals surface area contributed by atoms with Gasteiger partial charge in [0.15, 0.2) is 5.78 Å². The summed E-state index contributed by atoms with van der Waals surface area (Å²) < 4.78 is 28.0. The van der Waals surface area contributed by atoms with Gasteiger partial charge in [-0.3, -0.25) is 4.79 Å². The van der Waals surface area contributed by atoms with E-state index in [0.29, 0.717) is 17.2 Å². The van der Waals surface area contributed by atoms with E-state index in [4.69, 9.17) is 0 Å². The number of Topliss-reactive ketones (excluding diaryl/α,β-unsaturated/α-hetero) is 1. The normalized spacial score (nSPS) is 11.4. The maximum atomic E-state index is 12.7. The molecule has 3 aromatic carbocycles. The molecule has 4 aromatic rings. The lowest BCUT2D eigenvalue weighted by Crippen LogP contribution is -2.24. The van der Waals surface area contributed by atoms with Crippen LogP contribution in [0.1, 0.15) is 35.1 Å². The van der Waals surface area contributed by atoms with Crippen molar-refractivity contribution in [2.45, 2.75) is 31.2 Å². The molecule has 7 nitrogen and oxygen atoms in total. The van der Waals surface area contributed by atoms with Crippen molar-refractivity contribution in [3.8, 4) is 0 Å². The van der Waals surface area contributed by atoms with E-state index in [9.17, 15) is 13.2 Å². The van der Waals surface area contributed by atoms with E-state index in [1.54, 1.807) is 0 Å². The van der Waals surface area contributed by atoms with Gasteiger partial charge in [0.2, 0.25) is 10.0 Å². The lowest BCUT2D eigenvalue weighted by molar-refractivity contribution is 0.101. The zero-order valence-corrected chi connectivity index (χ0v) is 19.7. The summed E-state index contributed by atoms with van der Waals surface area (Å²) in [5.41, 5.74) is 2.48. The average Bonchev–Trinajstić information content (AvgIpc) is 2.86. The maximum Gasteiger partial charge on any atom is 0.240 e. The SMILES string of the molecule is CC(=O)c1ccc(S(=O)(=O)NCc2nc(NCCCc3ccccc3)c3ccccc3n2)cc1. The lowest BCUT2D eigenvalue weighted by Gasteiger charge is -2.12. The Hall–Kier alpha value is -3.62. The standard InChI is InChI=1S/C26H26N4O3S/c1-19(31)21-13-15-22(16-14-21)34(32,33)28-18-25-29-24-12-6-5-11-23(24)26(30-25)27-17-7-10-20-8-3-2-4-9-20/h2-6,8-9,11-16,28H,7,10,17-18H2,1H3,(H,27,29,30). The second-order valence-electron chi connectivity index (χ2n) is 7.93. The third-order valence-corrected chi connectivity index (χ3v) is 6.84. The maximum absolute atomic E-state index is 12.7. The van der Waals surface area contributed by atoms with E-state index < -0.39 is 10.0 Å². The molecule has 174 valence electrons. The van der Waals surface area contributed by atoms with Crippen LogP contribution < -0.4 is 10.0 Å². The number of aryl methyl sites for hydroxylation is 1. The number of hydrogen-bond donors (Lipinski definition) is 2. The van der Waals surface area contributed by atoms with Gasteiger partial charge in [-0.25, -0.2) is 23.1 Å². The summed E-state index contributed by atoms with van der Waals surface area (Å²) in [5, 5.41) is 4.27. The number of aromatic nitrogens is 2. The molecule has 0 unspecified atom stereocenters. The van der Waals surface area contributed by atoms with Crippen LogP contribution in [0.3, 0.4) is 0 Å². The number of carbonyl (C=O) groups is 1. The quantitative estimate of drug-likeness (QED) is 0.262. The Labute approximate surface area is 199 Å². The first-order valence-electron chi connectivity index (χ1n) is 11.1. The first kappa shape index (κ1) is 23.5. The zero-order valence-electron chi connectivity index (χ0n) is 18.9. The molecule has 1 heterocycles. The fourth-order valence-corrected chi connectivity index (χ4v) is 4.57. The number of ketones is 1. The Kier molecular flexibility index (Phi) is 7.30. The van der Waals surface area contributed by atoms with Crippen molar-refractivity contribution < 1.29 is 13.2 Å². The van der Waals surface area contributed by atoms with Gasteiger partial charge in [-0.05, 0) is 49.6 Å². The number of fused-ring (bicyclic) bond motifs is 1. The van der Waals surface area contributed by atoms with Crippen molar-refractivity contribution in [2.24, 2.45) is 0 Å². The second kappa shape index (κ2) is 10.5. The molecule has 0 spiro atoms. The van der Waals surface area contributed by atoms with Crippen LogP contribution in [-0.2, 0) is 23.0 Å². The van der Waals surface area contributed by atoms with E-state index in [0.717, 1.165) is 30.3 Å². The van der Waals surface area contributed by atoms with Gasteiger partial charge in [0.05, 0.1) is 17.0 Å². The third-order valence-electron chi connectivity index (χ3n) is 5.42. The summed E-state index contributed by atoms with van der Waals surface area (Å²) in [5.74, 6) is 0.928. The molecule has 0 fully saturated rings. The van der Waals surface area contributed by atoms with Crippen LogP contribution in [0.5, 0.6) is 0 Å². The van der Waals surface area contributed by atoms with Crippen molar-refractivity contribution in [3.63, 3.8) is 0 Å². The number of sulfonamides is 1. The number of rotatable bonds is 10. The highest BCUT2D eigenvalue weighted by molar-refractivity contribution is 7.89. The minimum Gasteiger partial charge on any atom is -0.369 e. The molecule has 0 saturated carbocycles. The third kappa shape index (κ3) is 5.84. The van der Waals surface area contributed by atoms with E-state index in [1.807, 2.05) is 42.5 Å². The molecular formula is C26H26N4O3S. The molecule has 1 aromatic heterocycles. The minimum atomic E-state index is -3.78. The van der Waals surface area contributed by atoms with Gasteiger partial charge in [0.1, 0.15) is 11.6 Å². The van der Waals surface area contributed by atoms with Crippen molar-refractivity contribution >= 4 is 32.5 Å². The largest absolute Gasteiger partial charge is 0.369 e. The molecule has 0 atom stereocenters. The lowest BCUT2D eigenvalue weighted by atomic mass is 10.1. The molecule has 8 heteroatoms. The highest BCUT2D eigenvalue weighted by Gasteiger charge is 2.16. The summed E-state index contributed by atoms with van der Waals surface area (Å²) in [6, 6.07) is 23.8. The summed E-state index contributed by atoms with van der Waals surface area (Å²) >= 11 is 0. The Morgan fingerprint density at radius 3 is 2.32 bits per heavy atom. The molecule has 0 radical (unpaired) electrons. The van der Waals surface area contributed by atoms with Crippen LogP contribution in [0, 0.1) is 0 Å². The van der Waals surface area contributed by atoms with Gasteiger partial charge in [-0.15, -0.1) is 0 Å². The van der Waals surface area contributed by atoms with Crippen LogP contribution in [0.25, 0.3) is 10.9 Å². The number of nitrogens with zero attached hydrogens (tertiary/aromatic N) is 2. The Balaban J connectivity index is 1.46. The second-order valence-corrected chi connectivity index (χ2v) is 9.69. The Bertz CT molecular complexity index is 1390. The monoisotopic (exact) mass is 474 g/mol. The highest BCUT2D eigenvalue weighted by Crippen LogP contribution is 2.20. The summed E-state index contributed by atoms with van der Waals surface area (Å²) in [6.45, 7) is 2.11. The van der Waals surface area contributed by atoms with Crippen LogP contribution in [-0.4, -0.2) is 30.7 Å². The molecule has 0 aliphatic carbocycles. The molecular weight excluding hydrogens is 448 g/mol. The number of anilines is 1. The van der Waals surface area contributed by atoms with Gasteiger partial charge < -0.3 is 5.32 Å². The highest BCUT2D eigenvalue weighted by atomic mass is 32.2. The molecule has 0 saturated heterocycles. The fraction of sp³-hybridized carbons (Fsp3) is 0.192. The molecule has 0 aliphatic heterocycles. The molecule has 34 heavy (non-hydrogen) atoms. The predicted molar refractivity (Wildman–Crippen MR) is 133 cm³/mol. The van der Waals surface area contributed by atoms with Gasteiger partial charge in [0, 0.05) is 17.5 Å². The van der Waals surface area contributed by atoms with E-state index in [2.05, 4.69) is 32.1 Å². The van der Waals surface area contributed by atoms with Crippen molar-refractivity contribution in [1.29, 1.82) is 0 Å². The number of hydrogen-bond acceptors (Lipinski definition) is 6. The minimum absolute atomic E-state index is 0.0552. The van der Waals surface area contributed by atoms with Gasteiger partial charge >= 0.3 is 0 Å². The Morgan fingerprint density at radius 1 is 0.882 bits per heavy atom. The van der Waals surface area contributed by atoms with Gasteiger partial charge in [-0.2, -0.15) is 0 Å². The number of para-hydroxylation sites is 1. The number of nitrogens with one attached hydrogen (secondary N) is 2. The van der Waals surface area contributed by atoms with Crippen LogP contribution in [0.4, 0.5) is 5.82 Å². The zero-order chi connectivity index (χ0) is 24.0. The molecule has 0 amide bonds. The Morgan fingerprint density at radius 2 is 1.59 bits per heavy atom. The molecule has 0 bridgehead atoms. The number of benzene rings is 3. The molecule has 0 aliphatic rings. The summed E-state index contributed by atoms with van der Waals surface area (Å²) in [4.78, 5) is 20.6. The van der Waals surface area contributed by atoms with Crippen LogP contribution >= 0.6 is 0 Å². The van der Waals surface area contributed by atoms with E-state index >= 15 is 0 Å². The fourth-order valence-electron chi connectivity index (χ4n) is 3.59. The summed E-state index contributed by atoms with van der Waals surface area (Å²) in [7, 11) is -3.78. The van der Waals surface area contributed by atoms with Crippen molar-refractivity contribution in [3.05, 3.63) is 95.8 Å². The van der Waals surface area contributed by atoms with Gasteiger partial charge in [-0.1, -0.05) is 54.6 Å². The van der Waals surface area contributed by atoms with E-state index in [1.165, 1.54) is 36.8 Å². The predicted octanol–water partition coefficient (Wildman–Crippen LogP) is 4.36. The number of carbonyl (C=O) groups excluding carboxylic acids is 1. The van der Waals surface area contributed by atoms with E-state index in [-0.39, 0.29) is 17.2 Å². The smallest absolute Gasteiger partial charge is 0.240 e. The molecule has 2 N–H and O–H groups in total. The first-order valence-corrected chi connectivity index (χ1v) is 12.5. The summed E-state index contributed by atoms with van der Waals surface area (Å²) in [6.07, 6.45) is 1.88. The molecule has 4 rings (SSSR count). The van der Waals surface area contributed by atoms with Crippen LogP contribution in [0.15, 0.2) is 83.8 Å². The van der Waals surface area contributed by atoms with Gasteiger partial charge in [0.25, 0.3) is 0 Å². The average molecular weight is 475 g/mol. The topological polar surface area (TPSA) is 101 Å².